The molecule has 2 aromatic rings. The van der Waals surface area contributed by atoms with E-state index in [2.05, 4.69) is 72.9 Å². The monoisotopic (exact) mass is 259 g/mol. The van der Waals surface area contributed by atoms with Crippen LogP contribution in [0, 0.1) is 5.92 Å². The van der Waals surface area contributed by atoms with E-state index in [0.717, 1.165) is 6.54 Å². The molecule has 1 fully saturated rings. The van der Waals surface area contributed by atoms with E-state index in [1.165, 1.54) is 29.5 Å². The van der Waals surface area contributed by atoms with E-state index in [4.69, 9.17) is 0 Å². The summed E-state index contributed by atoms with van der Waals surface area (Å²) in [4.78, 5) is 0. The summed E-state index contributed by atoms with van der Waals surface area (Å²) in [5.41, 5.74) is 4.54. The Hall–Kier alpha value is -1.83. The molecule has 1 atom stereocenters. The molecule has 1 heterocycles. The average Bonchev–Trinajstić information content (AvgIpc) is 3.06. The second-order valence-electron chi connectivity index (χ2n) is 5.84. The van der Waals surface area contributed by atoms with Gasteiger partial charge in [-0.25, -0.2) is 0 Å². The van der Waals surface area contributed by atoms with Gasteiger partial charge in [0.05, 0.1) is 0 Å². The number of rotatable bonds is 3. The summed E-state index contributed by atoms with van der Waals surface area (Å²) in [5.74, 6) is 0.620. The van der Waals surface area contributed by atoms with Crippen LogP contribution in [0.5, 0.6) is 0 Å². The molecule has 0 aromatic heterocycles. The van der Waals surface area contributed by atoms with E-state index in [9.17, 15) is 0 Å². The number of hydrogen-bond donors (Lipinski definition) is 1. The van der Waals surface area contributed by atoms with Crippen LogP contribution in [-0.4, -0.2) is 19.1 Å². The van der Waals surface area contributed by atoms with Crippen molar-refractivity contribution >= 4 is 12.5 Å². The molecule has 98 valence electrons. The first kappa shape index (κ1) is 12.0. The first-order valence-corrected chi connectivity index (χ1v) is 7.46. The fourth-order valence-corrected chi connectivity index (χ4v) is 3.70. The molecule has 1 N–H and O–H groups in total. The summed E-state index contributed by atoms with van der Waals surface area (Å²) in [6.07, 6.45) is 2.39. The normalized spacial score (nSPS) is 22.6. The van der Waals surface area contributed by atoms with Crippen molar-refractivity contribution in [2.45, 2.75) is 18.2 Å². The van der Waals surface area contributed by atoms with Gasteiger partial charge in [0.15, 0.2) is 0 Å². The molecule has 1 unspecified atom stereocenters. The molecule has 0 saturated heterocycles. The SMILES string of the molecule is B1=C(C2CC2(c2ccccc2)c2ccccc2)NCC1. The van der Waals surface area contributed by atoms with Crippen LogP contribution < -0.4 is 5.32 Å². The molecule has 0 amide bonds. The molecule has 1 nitrogen and oxygen atoms in total. The third kappa shape index (κ3) is 1.75. The fraction of sp³-hybridized carbons (Fsp3) is 0.278. The van der Waals surface area contributed by atoms with Crippen LogP contribution in [0.3, 0.4) is 0 Å². The molecule has 20 heavy (non-hydrogen) atoms. The molecular weight excluding hydrogens is 241 g/mol. The van der Waals surface area contributed by atoms with Gasteiger partial charge in [0, 0.05) is 0 Å². The number of hydrogen-bond acceptors (Lipinski definition) is 1. The van der Waals surface area contributed by atoms with Crippen LogP contribution in [0.25, 0.3) is 0 Å². The molecule has 2 heteroatoms. The summed E-state index contributed by atoms with van der Waals surface area (Å²) in [7, 11) is 0. The van der Waals surface area contributed by atoms with E-state index in [0.29, 0.717) is 5.92 Å². The maximum atomic E-state index is 3.57. The van der Waals surface area contributed by atoms with Gasteiger partial charge in [-0.1, -0.05) is 0 Å². The Balaban J connectivity index is 1.80. The zero-order chi connectivity index (χ0) is 13.4. The van der Waals surface area contributed by atoms with Crippen molar-refractivity contribution in [2.75, 3.05) is 6.54 Å². The molecule has 0 bridgehead atoms. The third-order valence-corrected chi connectivity index (χ3v) is 4.75. The molecule has 1 aliphatic heterocycles. The van der Waals surface area contributed by atoms with Gasteiger partial charge in [0.2, 0.25) is 0 Å². The number of benzene rings is 2. The molecular formula is C18H18BN. The van der Waals surface area contributed by atoms with E-state index in [1.54, 1.807) is 0 Å². The standard InChI is InChI=1S/C18H18BN/c1-3-7-14(8-4-1)18(15-9-5-2-6-10-15)13-16(18)17-19-11-12-20-17/h1-10,16,20H,11-13H2. The summed E-state index contributed by atoms with van der Waals surface area (Å²) >= 11 is 0. The molecule has 4 rings (SSSR count). The predicted octanol–water partition coefficient (Wildman–Crippen LogP) is 2.85. The van der Waals surface area contributed by atoms with Crippen LogP contribution in [0.15, 0.2) is 60.7 Å². The van der Waals surface area contributed by atoms with E-state index in [-0.39, 0.29) is 5.41 Å². The van der Waals surface area contributed by atoms with Crippen LogP contribution >= 0.6 is 0 Å². The minimum atomic E-state index is 0.186. The summed E-state index contributed by atoms with van der Waals surface area (Å²) in [6, 6.07) is 22.0. The van der Waals surface area contributed by atoms with Gasteiger partial charge in [-0.15, -0.1) is 0 Å². The van der Waals surface area contributed by atoms with Crippen molar-refractivity contribution in [3.8, 4) is 0 Å². The Morgan fingerprint density at radius 2 is 1.50 bits per heavy atom. The predicted molar refractivity (Wildman–Crippen MR) is 85.3 cm³/mol. The second kappa shape index (κ2) is 4.62. The summed E-state index contributed by atoms with van der Waals surface area (Å²) < 4.78 is 0. The third-order valence-electron chi connectivity index (χ3n) is 4.75. The van der Waals surface area contributed by atoms with Gasteiger partial charge in [-0.2, -0.15) is 0 Å². The van der Waals surface area contributed by atoms with E-state index in [1.807, 2.05) is 0 Å². The van der Waals surface area contributed by atoms with Crippen molar-refractivity contribution in [3.63, 3.8) is 0 Å². The van der Waals surface area contributed by atoms with Gasteiger partial charge in [0.25, 0.3) is 0 Å². The Labute approximate surface area is 120 Å². The first-order chi connectivity index (χ1) is 9.91. The van der Waals surface area contributed by atoms with Gasteiger partial charge >= 0.3 is 120 Å². The van der Waals surface area contributed by atoms with Gasteiger partial charge in [0.1, 0.15) is 0 Å². The van der Waals surface area contributed by atoms with E-state index < -0.39 is 0 Å². The Bertz CT molecular complexity index is 593. The molecule has 1 saturated carbocycles. The van der Waals surface area contributed by atoms with Gasteiger partial charge in [-0.3, -0.25) is 0 Å². The summed E-state index contributed by atoms with van der Waals surface area (Å²) in [6.45, 7) is 3.49. The van der Waals surface area contributed by atoms with Crippen molar-refractivity contribution in [2.24, 2.45) is 5.92 Å². The maximum absolute atomic E-state index is 3.57. The molecule has 0 radical (unpaired) electrons. The van der Waals surface area contributed by atoms with E-state index >= 15 is 0 Å². The topological polar surface area (TPSA) is 12.0 Å². The van der Waals surface area contributed by atoms with Gasteiger partial charge < -0.3 is 0 Å². The molecule has 1 aliphatic carbocycles. The van der Waals surface area contributed by atoms with Crippen molar-refractivity contribution in [1.29, 1.82) is 0 Å². The van der Waals surface area contributed by atoms with Crippen LogP contribution in [0.2, 0.25) is 6.32 Å². The average molecular weight is 259 g/mol. The first-order valence-electron chi connectivity index (χ1n) is 7.46. The van der Waals surface area contributed by atoms with Crippen LogP contribution in [0.1, 0.15) is 17.5 Å². The van der Waals surface area contributed by atoms with Crippen molar-refractivity contribution in [3.05, 3.63) is 71.8 Å². The summed E-state index contributed by atoms with van der Waals surface area (Å²) in [5, 5.41) is 3.57. The minimum absolute atomic E-state index is 0.186. The number of nitrogens with one attached hydrogen (secondary N) is 1. The van der Waals surface area contributed by atoms with Crippen molar-refractivity contribution in [1.82, 2.24) is 5.32 Å². The molecule has 2 aromatic carbocycles. The fourth-order valence-electron chi connectivity index (χ4n) is 3.70. The Morgan fingerprint density at radius 1 is 0.900 bits per heavy atom. The van der Waals surface area contributed by atoms with Gasteiger partial charge in [-0.05, 0) is 0 Å². The molecule has 2 aliphatic rings. The zero-order valence-corrected chi connectivity index (χ0v) is 11.5. The Morgan fingerprint density at radius 3 is 2.00 bits per heavy atom. The quantitative estimate of drug-likeness (QED) is 0.836. The second-order valence-corrected chi connectivity index (χ2v) is 5.84. The van der Waals surface area contributed by atoms with Crippen molar-refractivity contribution < 1.29 is 0 Å². The van der Waals surface area contributed by atoms with Crippen LogP contribution in [0.4, 0.5) is 0 Å². The molecule has 0 spiro atoms. The zero-order valence-electron chi connectivity index (χ0n) is 11.5. The Kier molecular flexibility index (Phi) is 2.76. The van der Waals surface area contributed by atoms with Crippen LogP contribution in [-0.2, 0) is 5.41 Å².